The van der Waals surface area contributed by atoms with E-state index in [-0.39, 0.29) is 81.5 Å². The highest BCUT2D eigenvalue weighted by Gasteiger charge is 2.56. The number of likely N-dealkylation sites (tertiary alicyclic amines) is 1. The number of piperidine rings is 1. The van der Waals surface area contributed by atoms with E-state index < -0.39 is 28.5 Å². The van der Waals surface area contributed by atoms with Crippen molar-refractivity contribution in [1.82, 2.24) is 14.8 Å². The van der Waals surface area contributed by atoms with E-state index in [9.17, 15) is 34.2 Å². The van der Waals surface area contributed by atoms with Crippen molar-refractivity contribution in [3.8, 4) is 17.2 Å². The molecule has 224 valence electrons. The lowest BCUT2D eigenvalue weighted by atomic mass is 9.70. The van der Waals surface area contributed by atoms with Crippen molar-refractivity contribution in [1.29, 1.82) is 0 Å². The van der Waals surface area contributed by atoms with Crippen LogP contribution in [0.4, 0.5) is 0 Å². The minimum Gasteiger partial charge on any atom is -0.507 e. The number of aromatic hydroxyl groups is 2. The monoisotopic (exact) mass is 587 g/mol. The molecule has 0 spiro atoms. The van der Waals surface area contributed by atoms with Crippen LogP contribution in [0.1, 0.15) is 66.7 Å². The van der Waals surface area contributed by atoms with Gasteiger partial charge in [-0.25, -0.2) is 0 Å². The van der Waals surface area contributed by atoms with Gasteiger partial charge in [0.25, 0.3) is 5.56 Å². The summed E-state index contributed by atoms with van der Waals surface area (Å²) in [5.41, 5.74) is -0.644. The Morgan fingerprint density at radius 2 is 1.84 bits per heavy atom. The molecule has 1 aromatic carbocycles. The Bertz CT molecular complexity index is 1770. The fourth-order valence-electron chi connectivity index (χ4n) is 7.07. The van der Waals surface area contributed by atoms with Crippen LogP contribution in [0.3, 0.4) is 0 Å². The van der Waals surface area contributed by atoms with Gasteiger partial charge in [0.1, 0.15) is 34.0 Å². The van der Waals surface area contributed by atoms with E-state index in [1.807, 2.05) is 15.5 Å². The SMILES string of the molecule is CC(=O)c1c(O)c(C)c(O)c2c1OC1=CC(=O)/C(=C(/C)NCCC(=O)N3C[C@H]4C[C@@H](C3)c3cccc(=O)n3C4)C(=O)[C@@]12C. The second-order valence-corrected chi connectivity index (χ2v) is 12.1. The number of carbonyl (C=O) groups is 4. The maximum atomic E-state index is 14.0. The number of allylic oxidation sites excluding steroid dienone is 4. The Morgan fingerprint density at radius 1 is 1.09 bits per heavy atom. The van der Waals surface area contributed by atoms with Crippen LogP contribution in [0.25, 0.3) is 0 Å². The van der Waals surface area contributed by atoms with Crippen molar-refractivity contribution in [2.75, 3.05) is 19.6 Å². The number of ether oxygens (including phenoxy) is 1. The summed E-state index contributed by atoms with van der Waals surface area (Å²) in [6, 6.07) is 5.27. The third-order valence-corrected chi connectivity index (χ3v) is 9.32. The minimum atomic E-state index is -1.60. The molecule has 4 aliphatic rings. The molecule has 0 radical (unpaired) electrons. The number of aromatic nitrogens is 1. The summed E-state index contributed by atoms with van der Waals surface area (Å²) in [5.74, 6) is -2.52. The first-order valence-electron chi connectivity index (χ1n) is 14.4. The van der Waals surface area contributed by atoms with Gasteiger partial charge in [-0.2, -0.15) is 0 Å². The number of pyridine rings is 1. The number of nitrogens with one attached hydrogen (secondary N) is 1. The summed E-state index contributed by atoms with van der Waals surface area (Å²) in [5, 5.41) is 24.6. The Morgan fingerprint density at radius 3 is 2.56 bits per heavy atom. The second kappa shape index (κ2) is 9.96. The van der Waals surface area contributed by atoms with Crippen molar-refractivity contribution in [3.05, 3.63) is 74.0 Å². The molecule has 2 aromatic rings. The molecule has 1 saturated heterocycles. The number of Topliss-reactive ketones (excluding diaryl/α,β-unsaturated/α-hetero) is 2. The van der Waals surface area contributed by atoms with E-state index in [2.05, 4.69) is 5.32 Å². The van der Waals surface area contributed by atoms with Gasteiger partial charge >= 0.3 is 0 Å². The van der Waals surface area contributed by atoms with Crippen LogP contribution < -0.4 is 15.6 Å². The van der Waals surface area contributed by atoms with Crippen molar-refractivity contribution in [2.24, 2.45) is 5.92 Å². The summed E-state index contributed by atoms with van der Waals surface area (Å²) in [6.45, 7) is 7.62. The maximum Gasteiger partial charge on any atom is 0.250 e. The maximum absolute atomic E-state index is 14.0. The van der Waals surface area contributed by atoms with Crippen molar-refractivity contribution < 1.29 is 34.1 Å². The van der Waals surface area contributed by atoms with Gasteiger partial charge in [-0.05, 0) is 46.1 Å². The standard InChI is InChI=1S/C32H33N3O8/c1-15-28(40)26(17(3)36)30-27(29(15)41)32(4)22(43-30)11-21(37)25(31(32)42)16(2)33-9-8-23(38)34-12-18-10-19(14-34)20-6-5-7-24(39)35(20)13-18/h5-7,11,18-19,33,40-41H,8-10,12-14H2,1-4H3/b25-16+/t18-,19+,32+/m1/s1. The zero-order valence-electron chi connectivity index (χ0n) is 24.4. The molecule has 0 unspecified atom stereocenters. The Kier molecular flexibility index (Phi) is 6.59. The van der Waals surface area contributed by atoms with Crippen LogP contribution in [0.15, 0.2) is 46.1 Å². The lowest BCUT2D eigenvalue weighted by molar-refractivity contribution is -0.133. The molecule has 11 heteroatoms. The number of fused-ring (bicyclic) bond motifs is 7. The highest BCUT2D eigenvalue weighted by atomic mass is 16.5. The molecule has 6 rings (SSSR count). The van der Waals surface area contributed by atoms with E-state index in [0.29, 0.717) is 19.6 Å². The molecule has 43 heavy (non-hydrogen) atoms. The van der Waals surface area contributed by atoms with Crippen molar-refractivity contribution in [3.63, 3.8) is 0 Å². The quantitative estimate of drug-likeness (QED) is 0.272. The van der Waals surface area contributed by atoms with Crippen LogP contribution >= 0.6 is 0 Å². The Balaban J connectivity index is 1.20. The molecule has 4 heterocycles. The van der Waals surface area contributed by atoms with Crippen LogP contribution in [0.5, 0.6) is 17.2 Å². The summed E-state index contributed by atoms with van der Waals surface area (Å²) >= 11 is 0. The van der Waals surface area contributed by atoms with Gasteiger partial charge in [0.05, 0.1) is 11.1 Å². The predicted molar refractivity (Wildman–Crippen MR) is 154 cm³/mol. The lowest BCUT2D eigenvalue weighted by Crippen LogP contribution is -2.49. The van der Waals surface area contributed by atoms with Gasteiger partial charge in [-0.15, -0.1) is 0 Å². The molecule has 3 aliphatic heterocycles. The largest absolute Gasteiger partial charge is 0.507 e. The smallest absolute Gasteiger partial charge is 0.250 e. The van der Waals surface area contributed by atoms with E-state index in [1.165, 1.54) is 26.8 Å². The molecule has 1 aliphatic carbocycles. The number of hydrogen-bond donors (Lipinski definition) is 3. The number of amides is 1. The van der Waals surface area contributed by atoms with Crippen LogP contribution in [-0.4, -0.2) is 62.6 Å². The van der Waals surface area contributed by atoms with Gasteiger partial charge in [0.2, 0.25) is 5.91 Å². The van der Waals surface area contributed by atoms with Gasteiger partial charge in [-0.1, -0.05) is 6.07 Å². The summed E-state index contributed by atoms with van der Waals surface area (Å²) in [6.07, 6.45) is 2.24. The average Bonchev–Trinajstić information content (AvgIpc) is 3.24. The number of benzene rings is 1. The summed E-state index contributed by atoms with van der Waals surface area (Å²) in [7, 11) is 0. The van der Waals surface area contributed by atoms with E-state index >= 15 is 0 Å². The third-order valence-electron chi connectivity index (χ3n) is 9.32. The van der Waals surface area contributed by atoms with Gasteiger partial charge in [0, 0.05) is 67.6 Å². The molecule has 1 amide bonds. The van der Waals surface area contributed by atoms with E-state index in [1.54, 1.807) is 19.1 Å². The molecular formula is C32H33N3O8. The molecule has 3 N–H and O–H groups in total. The summed E-state index contributed by atoms with van der Waals surface area (Å²) in [4.78, 5) is 66.8. The first-order chi connectivity index (χ1) is 20.3. The zero-order chi connectivity index (χ0) is 31.0. The predicted octanol–water partition coefficient (Wildman–Crippen LogP) is 2.36. The van der Waals surface area contributed by atoms with E-state index in [4.69, 9.17) is 4.74 Å². The minimum absolute atomic E-state index is 0.0160. The average molecular weight is 588 g/mol. The topological polar surface area (TPSA) is 155 Å². The normalized spacial score (nSPS) is 24.8. The fraction of sp³-hybridized carbons (Fsp3) is 0.406. The molecule has 1 fully saturated rings. The number of rotatable bonds is 5. The molecule has 11 nitrogen and oxygen atoms in total. The molecule has 1 aromatic heterocycles. The lowest BCUT2D eigenvalue weighted by Gasteiger charge is -2.42. The van der Waals surface area contributed by atoms with Gasteiger partial charge in [-0.3, -0.25) is 24.0 Å². The number of hydrogen-bond acceptors (Lipinski definition) is 9. The van der Waals surface area contributed by atoms with Crippen LogP contribution in [0, 0.1) is 12.8 Å². The number of ketones is 3. The molecule has 2 bridgehead atoms. The van der Waals surface area contributed by atoms with Crippen LogP contribution in [-0.2, 0) is 26.3 Å². The fourth-order valence-corrected chi connectivity index (χ4v) is 7.07. The van der Waals surface area contributed by atoms with Crippen molar-refractivity contribution >= 4 is 23.3 Å². The second-order valence-electron chi connectivity index (χ2n) is 12.1. The summed E-state index contributed by atoms with van der Waals surface area (Å²) < 4.78 is 7.61. The number of carbonyl (C=O) groups excluding carboxylic acids is 4. The number of nitrogens with zero attached hydrogens (tertiary/aromatic N) is 2. The first-order valence-corrected chi connectivity index (χ1v) is 14.4. The number of phenols is 2. The number of phenolic OH excluding ortho intramolecular Hbond substituents is 2. The van der Waals surface area contributed by atoms with Crippen molar-refractivity contribution in [2.45, 2.75) is 58.4 Å². The van der Waals surface area contributed by atoms with Gasteiger partial charge < -0.3 is 29.7 Å². The first kappa shape index (κ1) is 28.4. The molecular weight excluding hydrogens is 554 g/mol. The van der Waals surface area contributed by atoms with E-state index in [0.717, 1.165) is 12.1 Å². The highest BCUT2D eigenvalue weighted by molar-refractivity contribution is 6.31. The Labute approximate surface area is 247 Å². The molecule has 3 atom stereocenters. The molecule has 0 saturated carbocycles. The Hall–Kier alpha value is -4.67. The van der Waals surface area contributed by atoms with Gasteiger partial charge in [0.15, 0.2) is 17.3 Å². The highest BCUT2D eigenvalue weighted by Crippen LogP contribution is 2.57. The van der Waals surface area contributed by atoms with Crippen LogP contribution in [0.2, 0.25) is 0 Å². The third kappa shape index (κ3) is 4.20. The zero-order valence-corrected chi connectivity index (χ0v) is 24.4.